The monoisotopic (exact) mass is 480 g/mol. The van der Waals surface area contributed by atoms with Gasteiger partial charge < -0.3 is 22.7 Å². The molecule has 0 aliphatic rings. The number of rotatable bonds is 6. The van der Waals surface area contributed by atoms with Crippen LogP contribution in [0.1, 0.15) is 39.7 Å². The fraction of sp³-hybridized carbons (Fsp3) is 0.179. The zero-order chi connectivity index (χ0) is 25.4. The summed E-state index contributed by atoms with van der Waals surface area (Å²) in [5.41, 5.74) is 2.36. The van der Waals surface area contributed by atoms with E-state index in [-0.39, 0.29) is 24.7 Å². The Balaban J connectivity index is 1.51. The zero-order valence-corrected chi connectivity index (χ0v) is 19.8. The minimum Gasteiger partial charge on any atom is -0.485 e. The lowest BCUT2D eigenvalue weighted by Gasteiger charge is -2.15. The lowest BCUT2D eigenvalue weighted by molar-refractivity contribution is 0.267. The van der Waals surface area contributed by atoms with Crippen LogP contribution in [0.15, 0.2) is 60.5 Å². The van der Waals surface area contributed by atoms with Crippen LogP contribution in [0.3, 0.4) is 0 Å². The zero-order valence-electron chi connectivity index (χ0n) is 19.8. The van der Waals surface area contributed by atoms with Crippen molar-refractivity contribution in [3.05, 3.63) is 92.6 Å². The Morgan fingerprint density at radius 1 is 0.750 bits per heavy atom. The molecule has 36 heavy (non-hydrogen) atoms. The molecule has 178 valence electrons. The number of hydrogen-bond donors (Lipinski definition) is 0. The highest BCUT2D eigenvalue weighted by Gasteiger charge is 2.18. The molecule has 3 aromatic heterocycles. The maximum Gasteiger partial charge on any atom is 0.344 e. The van der Waals surface area contributed by atoms with Crippen molar-refractivity contribution in [2.24, 2.45) is 0 Å². The van der Waals surface area contributed by atoms with E-state index in [1.807, 2.05) is 45.0 Å². The molecule has 0 aliphatic carbocycles. The van der Waals surface area contributed by atoms with Crippen LogP contribution >= 0.6 is 0 Å². The van der Waals surface area contributed by atoms with E-state index in [1.165, 1.54) is 0 Å². The highest BCUT2D eigenvalue weighted by atomic mass is 16.5. The SMILES string of the molecule is Cc1cc2c(cc1OCc1ccc(C#N)o1)c(=O)oc1c(C)c(OCc3ccc(C#N)o3)cc(C)c12. The van der Waals surface area contributed by atoms with Crippen LogP contribution in [0.2, 0.25) is 0 Å². The average Bonchev–Trinajstić information content (AvgIpc) is 3.53. The molecular formula is C28H20N2O6. The first-order chi connectivity index (χ1) is 17.4. The van der Waals surface area contributed by atoms with Crippen molar-refractivity contribution in [1.29, 1.82) is 10.5 Å². The third-order valence-electron chi connectivity index (χ3n) is 5.96. The smallest absolute Gasteiger partial charge is 0.344 e. The summed E-state index contributed by atoms with van der Waals surface area (Å²) in [6.07, 6.45) is 0. The predicted molar refractivity (Wildman–Crippen MR) is 130 cm³/mol. The number of benzene rings is 2. The molecule has 5 rings (SSSR count). The lowest BCUT2D eigenvalue weighted by Crippen LogP contribution is -2.05. The Hall–Kier alpha value is -4.95. The van der Waals surface area contributed by atoms with Gasteiger partial charge in [-0.3, -0.25) is 0 Å². The third kappa shape index (κ3) is 4.06. The molecule has 0 fully saturated rings. The molecule has 3 heterocycles. The van der Waals surface area contributed by atoms with Crippen LogP contribution in [0, 0.1) is 43.4 Å². The van der Waals surface area contributed by atoms with E-state index in [9.17, 15) is 4.79 Å². The van der Waals surface area contributed by atoms with Gasteiger partial charge >= 0.3 is 5.63 Å². The molecule has 0 saturated carbocycles. The number of nitrogens with zero attached hydrogens (tertiary/aromatic N) is 2. The normalized spacial score (nSPS) is 10.9. The van der Waals surface area contributed by atoms with Gasteiger partial charge in [-0.15, -0.1) is 0 Å². The summed E-state index contributed by atoms with van der Waals surface area (Å²) in [5.74, 6) is 2.53. The second-order valence-corrected chi connectivity index (χ2v) is 8.41. The molecular weight excluding hydrogens is 460 g/mol. The fourth-order valence-electron chi connectivity index (χ4n) is 4.16. The van der Waals surface area contributed by atoms with Crippen LogP contribution in [0.4, 0.5) is 0 Å². The largest absolute Gasteiger partial charge is 0.485 e. The minimum atomic E-state index is -0.489. The van der Waals surface area contributed by atoms with E-state index in [0.717, 1.165) is 21.9 Å². The molecule has 0 bridgehead atoms. The van der Waals surface area contributed by atoms with Gasteiger partial charge in [-0.05, 0) is 74.4 Å². The molecule has 0 amide bonds. The second kappa shape index (κ2) is 9.01. The fourth-order valence-corrected chi connectivity index (χ4v) is 4.16. The summed E-state index contributed by atoms with van der Waals surface area (Å²) in [6, 6.07) is 15.9. The summed E-state index contributed by atoms with van der Waals surface area (Å²) in [6.45, 7) is 5.92. The maximum absolute atomic E-state index is 13.0. The van der Waals surface area contributed by atoms with E-state index in [1.54, 1.807) is 30.3 Å². The summed E-state index contributed by atoms with van der Waals surface area (Å²) in [4.78, 5) is 13.0. The van der Waals surface area contributed by atoms with Crippen LogP contribution in [0.5, 0.6) is 11.5 Å². The topological polar surface area (TPSA) is 123 Å². The molecule has 5 aromatic rings. The van der Waals surface area contributed by atoms with Crippen LogP contribution in [-0.4, -0.2) is 0 Å². The quantitative estimate of drug-likeness (QED) is 0.215. The highest BCUT2D eigenvalue weighted by Crippen LogP contribution is 2.36. The van der Waals surface area contributed by atoms with Crippen LogP contribution < -0.4 is 15.1 Å². The predicted octanol–water partition coefficient (Wildman–Crippen LogP) is 5.96. The molecule has 8 nitrogen and oxygen atoms in total. The number of nitriles is 2. The van der Waals surface area contributed by atoms with Crippen molar-refractivity contribution in [3.8, 4) is 23.6 Å². The number of fused-ring (bicyclic) bond motifs is 3. The minimum absolute atomic E-state index is 0.122. The molecule has 8 heteroatoms. The van der Waals surface area contributed by atoms with Crippen molar-refractivity contribution in [2.75, 3.05) is 0 Å². The third-order valence-corrected chi connectivity index (χ3v) is 5.96. The Labute approximate surface area is 205 Å². The van der Waals surface area contributed by atoms with E-state index in [2.05, 4.69) is 0 Å². The van der Waals surface area contributed by atoms with Gasteiger partial charge in [0.1, 0.15) is 54.0 Å². The van der Waals surface area contributed by atoms with Crippen LogP contribution in [0.25, 0.3) is 21.7 Å². The van der Waals surface area contributed by atoms with Crippen molar-refractivity contribution in [3.63, 3.8) is 0 Å². The number of furan rings is 2. The Kier molecular flexibility index (Phi) is 5.71. The lowest BCUT2D eigenvalue weighted by atomic mass is 9.98. The van der Waals surface area contributed by atoms with Crippen molar-refractivity contribution in [1.82, 2.24) is 0 Å². The molecule has 0 spiro atoms. The molecule has 0 saturated heterocycles. The first-order valence-electron chi connectivity index (χ1n) is 11.1. The van der Waals surface area contributed by atoms with Crippen molar-refractivity contribution in [2.45, 2.75) is 34.0 Å². The van der Waals surface area contributed by atoms with Crippen LogP contribution in [-0.2, 0) is 13.2 Å². The number of ether oxygens (including phenoxy) is 2. The van der Waals surface area contributed by atoms with Crippen molar-refractivity contribution < 1.29 is 22.7 Å². The first kappa shape index (κ1) is 22.8. The van der Waals surface area contributed by atoms with Gasteiger partial charge in [-0.1, -0.05) is 0 Å². The molecule has 0 atom stereocenters. The first-order valence-corrected chi connectivity index (χ1v) is 11.1. The molecule has 0 unspecified atom stereocenters. The molecule has 0 N–H and O–H groups in total. The van der Waals surface area contributed by atoms with Gasteiger partial charge in [0.15, 0.2) is 0 Å². The summed E-state index contributed by atoms with van der Waals surface area (Å²) in [5, 5.41) is 19.8. The molecule has 2 aromatic carbocycles. The highest BCUT2D eigenvalue weighted by molar-refractivity contribution is 6.08. The standard InChI is InChI=1S/C28H20N2O6/c1-15-8-22-23(10-24(15)32-13-20-6-4-18(11-29)34-20)28(31)36-27-17(3)25(9-16(2)26(22)27)33-14-21-7-5-19(12-30)35-21/h4-10H,13-14H2,1-3H3. The van der Waals surface area contributed by atoms with Gasteiger partial charge in [0.25, 0.3) is 0 Å². The number of aryl methyl sites for hydroxylation is 3. The molecule has 0 radical (unpaired) electrons. The summed E-state index contributed by atoms with van der Waals surface area (Å²) >= 11 is 0. The summed E-state index contributed by atoms with van der Waals surface area (Å²) in [7, 11) is 0. The van der Waals surface area contributed by atoms with Gasteiger partial charge in [0, 0.05) is 16.3 Å². The maximum atomic E-state index is 13.0. The Morgan fingerprint density at radius 3 is 1.94 bits per heavy atom. The van der Waals surface area contributed by atoms with Gasteiger partial charge in [-0.2, -0.15) is 10.5 Å². The summed E-state index contributed by atoms with van der Waals surface area (Å²) < 4.78 is 28.3. The Bertz CT molecular complexity index is 1770. The van der Waals surface area contributed by atoms with E-state index < -0.39 is 5.63 Å². The van der Waals surface area contributed by atoms with Crippen molar-refractivity contribution >= 4 is 21.7 Å². The second-order valence-electron chi connectivity index (χ2n) is 8.41. The van der Waals surface area contributed by atoms with E-state index in [0.29, 0.717) is 39.6 Å². The van der Waals surface area contributed by atoms with E-state index >= 15 is 0 Å². The number of hydrogen-bond acceptors (Lipinski definition) is 8. The van der Waals surface area contributed by atoms with Gasteiger partial charge in [-0.25, -0.2) is 4.79 Å². The molecule has 0 aliphatic heterocycles. The average molecular weight is 480 g/mol. The van der Waals surface area contributed by atoms with Gasteiger partial charge in [0.05, 0.1) is 5.39 Å². The Morgan fingerprint density at radius 2 is 1.36 bits per heavy atom. The van der Waals surface area contributed by atoms with Gasteiger partial charge in [0.2, 0.25) is 11.5 Å². The van der Waals surface area contributed by atoms with E-state index in [4.69, 9.17) is 33.2 Å².